The summed E-state index contributed by atoms with van der Waals surface area (Å²) in [6.07, 6.45) is -2.93. The Morgan fingerprint density at radius 1 is 1.20 bits per heavy atom. The number of piperidine rings is 1. The van der Waals surface area contributed by atoms with E-state index in [0.29, 0.717) is 11.8 Å². The van der Waals surface area contributed by atoms with Gasteiger partial charge < -0.3 is 14.8 Å². The number of rotatable bonds is 2. The summed E-state index contributed by atoms with van der Waals surface area (Å²) in [5.41, 5.74) is 2.23. The molecule has 1 saturated heterocycles. The molecule has 0 bridgehead atoms. The van der Waals surface area contributed by atoms with Crippen LogP contribution in [0, 0.1) is 6.92 Å². The van der Waals surface area contributed by atoms with Crippen molar-refractivity contribution in [2.24, 2.45) is 0 Å². The van der Waals surface area contributed by atoms with Crippen LogP contribution in [0.4, 0.5) is 13.2 Å². The van der Waals surface area contributed by atoms with Gasteiger partial charge in [-0.05, 0) is 45.0 Å². The van der Waals surface area contributed by atoms with Crippen LogP contribution in [-0.4, -0.2) is 40.5 Å². The van der Waals surface area contributed by atoms with E-state index in [-0.39, 0.29) is 0 Å². The zero-order valence-corrected chi connectivity index (χ0v) is 13.5. The van der Waals surface area contributed by atoms with Gasteiger partial charge in [0.05, 0.1) is 0 Å². The third-order valence-corrected chi connectivity index (χ3v) is 3.67. The maximum Gasteiger partial charge on any atom is 0.490 e. The largest absolute Gasteiger partial charge is 0.490 e. The van der Waals surface area contributed by atoms with Crippen LogP contribution in [0.2, 0.25) is 0 Å². The van der Waals surface area contributed by atoms with Crippen molar-refractivity contribution in [1.82, 2.24) is 15.5 Å². The second-order valence-corrected chi connectivity index (χ2v) is 5.64. The Labute approximate surface area is 142 Å². The molecule has 1 aromatic heterocycles. The van der Waals surface area contributed by atoms with E-state index in [9.17, 15) is 13.2 Å². The Hall–Kier alpha value is -2.42. The highest BCUT2D eigenvalue weighted by molar-refractivity contribution is 5.73. The van der Waals surface area contributed by atoms with Crippen LogP contribution >= 0.6 is 0 Å². The minimum atomic E-state index is -5.08. The number of benzene rings is 1. The summed E-state index contributed by atoms with van der Waals surface area (Å²) in [7, 11) is 0. The number of hydrogen-bond acceptors (Lipinski definition) is 5. The second kappa shape index (κ2) is 8.11. The number of aromatic nitrogens is 2. The van der Waals surface area contributed by atoms with Gasteiger partial charge in [-0.15, -0.1) is 10.2 Å². The lowest BCUT2D eigenvalue weighted by molar-refractivity contribution is -0.192. The predicted molar refractivity (Wildman–Crippen MR) is 83.0 cm³/mol. The van der Waals surface area contributed by atoms with Crippen molar-refractivity contribution in [2.45, 2.75) is 31.9 Å². The average molecular weight is 357 g/mol. The van der Waals surface area contributed by atoms with E-state index in [1.165, 1.54) is 5.56 Å². The zero-order chi connectivity index (χ0) is 18.4. The maximum atomic E-state index is 10.6. The summed E-state index contributed by atoms with van der Waals surface area (Å²) in [6.45, 7) is 4.14. The van der Waals surface area contributed by atoms with Crippen molar-refractivity contribution in [3.63, 3.8) is 0 Å². The number of carbonyl (C=O) groups is 1. The number of carboxylic acid groups (broad SMARTS) is 1. The first kappa shape index (κ1) is 18.9. The van der Waals surface area contributed by atoms with Gasteiger partial charge in [0.25, 0.3) is 0 Å². The van der Waals surface area contributed by atoms with E-state index in [2.05, 4.69) is 34.6 Å². The van der Waals surface area contributed by atoms with E-state index in [1.807, 2.05) is 12.1 Å². The van der Waals surface area contributed by atoms with Crippen LogP contribution in [0.5, 0.6) is 0 Å². The van der Waals surface area contributed by atoms with Crippen molar-refractivity contribution in [2.75, 3.05) is 13.1 Å². The van der Waals surface area contributed by atoms with Gasteiger partial charge in [0.15, 0.2) is 0 Å². The lowest BCUT2D eigenvalue weighted by Crippen LogP contribution is -2.26. The number of aliphatic carboxylic acids is 1. The highest BCUT2D eigenvalue weighted by atomic mass is 19.4. The first-order valence-corrected chi connectivity index (χ1v) is 7.68. The molecule has 2 N–H and O–H groups in total. The quantitative estimate of drug-likeness (QED) is 0.858. The van der Waals surface area contributed by atoms with E-state index in [4.69, 9.17) is 14.3 Å². The third kappa shape index (κ3) is 5.56. The van der Waals surface area contributed by atoms with Gasteiger partial charge >= 0.3 is 12.1 Å². The molecule has 2 heterocycles. The van der Waals surface area contributed by atoms with E-state index < -0.39 is 12.1 Å². The molecule has 0 saturated carbocycles. The summed E-state index contributed by atoms with van der Waals surface area (Å²) >= 11 is 0. The van der Waals surface area contributed by atoms with Crippen LogP contribution in [-0.2, 0) is 4.79 Å². The van der Waals surface area contributed by atoms with Crippen molar-refractivity contribution < 1.29 is 27.5 Å². The Balaban J connectivity index is 0.000000277. The molecule has 0 radical (unpaired) electrons. The van der Waals surface area contributed by atoms with Crippen LogP contribution in [0.25, 0.3) is 11.5 Å². The van der Waals surface area contributed by atoms with Gasteiger partial charge in [0.1, 0.15) is 0 Å². The third-order valence-electron chi connectivity index (χ3n) is 3.67. The maximum absolute atomic E-state index is 10.6. The normalized spacial score (nSPS) is 15.4. The molecule has 3 rings (SSSR count). The van der Waals surface area contributed by atoms with Crippen molar-refractivity contribution in [3.8, 4) is 11.5 Å². The summed E-state index contributed by atoms with van der Waals surface area (Å²) in [5, 5.41) is 18.8. The molecule has 0 spiro atoms. The van der Waals surface area contributed by atoms with Crippen molar-refractivity contribution in [1.29, 1.82) is 0 Å². The molecule has 9 heteroatoms. The molecule has 1 aliphatic rings. The number of nitrogens with one attached hydrogen (secondary N) is 1. The first-order chi connectivity index (χ1) is 11.8. The highest BCUT2D eigenvalue weighted by Crippen LogP contribution is 2.27. The molecule has 6 nitrogen and oxygen atoms in total. The number of alkyl halides is 3. The first-order valence-electron chi connectivity index (χ1n) is 7.68. The lowest BCUT2D eigenvalue weighted by atomic mass is 9.98. The predicted octanol–water partition coefficient (Wildman–Crippen LogP) is 3.15. The molecule has 0 amide bonds. The minimum absolute atomic E-state index is 0.415. The van der Waals surface area contributed by atoms with E-state index >= 15 is 0 Å². The fourth-order valence-electron chi connectivity index (χ4n) is 2.28. The van der Waals surface area contributed by atoms with Gasteiger partial charge in [0, 0.05) is 11.5 Å². The zero-order valence-electron chi connectivity index (χ0n) is 13.5. The molecule has 1 aromatic carbocycles. The lowest BCUT2D eigenvalue weighted by Gasteiger charge is -2.18. The summed E-state index contributed by atoms with van der Waals surface area (Å²) < 4.78 is 37.5. The van der Waals surface area contributed by atoms with Crippen molar-refractivity contribution in [3.05, 3.63) is 35.7 Å². The molecule has 1 aliphatic heterocycles. The summed E-state index contributed by atoms with van der Waals surface area (Å²) in [6, 6.07) is 8.16. The monoisotopic (exact) mass is 357 g/mol. The van der Waals surface area contributed by atoms with Crippen LogP contribution in [0.3, 0.4) is 0 Å². The summed E-state index contributed by atoms with van der Waals surface area (Å²) in [5.74, 6) is -0.930. The van der Waals surface area contributed by atoms with E-state index in [0.717, 1.165) is 37.4 Å². The highest BCUT2D eigenvalue weighted by Gasteiger charge is 2.38. The average Bonchev–Trinajstić information content (AvgIpc) is 3.06. The SMILES string of the molecule is Cc1ccc(-c2nnc(C3CCNCC3)o2)cc1.O=C(O)C(F)(F)F. The molecule has 136 valence electrons. The van der Waals surface area contributed by atoms with Gasteiger partial charge in [0.2, 0.25) is 11.8 Å². The Kier molecular flexibility index (Phi) is 6.13. The van der Waals surface area contributed by atoms with Crippen LogP contribution in [0.15, 0.2) is 28.7 Å². The van der Waals surface area contributed by atoms with E-state index in [1.54, 1.807) is 0 Å². The van der Waals surface area contributed by atoms with Crippen LogP contribution < -0.4 is 5.32 Å². The molecule has 0 aliphatic carbocycles. The standard InChI is InChI=1S/C14H17N3O.C2HF3O2/c1-10-2-4-11(5-3-10)13-16-17-14(18-13)12-6-8-15-9-7-12;3-2(4,5)1(6)7/h2-5,12,15H,6-9H2,1H3;(H,6,7). The Morgan fingerprint density at radius 2 is 1.76 bits per heavy atom. The van der Waals surface area contributed by atoms with Gasteiger partial charge in [-0.1, -0.05) is 17.7 Å². The number of carboxylic acids is 1. The molecular formula is C16H18F3N3O3. The molecule has 1 fully saturated rings. The number of aryl methyl sites for hydroxylation is 1. The van der Waals surface area contributed by atoms with Gasteiger partial charge in [-0.2, -0.15) is 13.2 Å². The molecule has 25 heavy (non-hydrogen) atoms. The fourth-order valence-corrected chi connectivity index (χ4v) is 2.28. The van der Waals surface area contributed by atoms with Gasteiger partial charge in [-0.25, -0.2) is 4.79 Å². The topological polar surface area (TPSA) is 88.3 Å². The number of nitrogens with zero attached hydrogens (tertiary/aromatic N) is 2. The Morgan fingerprint density at radius 3 is 2.28 bits per heavy atom. The summed E-state index contributed by atoms with van der Waals surface area (Å²) in [4.78, 5) is 8.90. The number of halogens is 3. The second-order valence-electron chi connectivity index (χ2n) is 5.64. The molecule has 0 atom stereocenters. The van der Waals surface area contributed by atoms with Crippen molar-refractivity contribution >= 4 is 5.97 Å². The van der Waals surface area contributed by atoms with Gasteiger partial charge in [-0.3, -0.25) is 0 Å². The number of hydrogen-bond donors (Lipinski definition) is 2. The smallest absolute Gasteiger partial charge is 0.475 e. The fraction of sp³-hybridized carbons (Fsp3) is 0.438. The molecular weight excluding hydrogens is 339 g/mol. The molecule has 2 aromatic rings. The minimum Gasteiger partial charge on any atom is -0.475 e. The Bertz CT molecular complexity index is 693. The van der Waals surface area contributed by atoms with Crippen LogP contribution in [0.1, 0.15) is 30.2 Å². The molecule has 0 unspecified atom stereocenters.